The number of thiophene rings is 1. The molecule has 0 bridgehead atoms. The number of rotatable bonds is 5. The molecule has 1 aromatic heterocycles. The average Bonchev–Trinajstić information content (AvgIpc) is 2.81. The molecule has 1 saturated carbocycles. The van der Waals surface area contributed by atoms with E-state index >= 15 is 0 Å². The number of hydrogen-bond acceptors (Lipinski definition) is 2. The Morgan fingerprint density at radius 1 is 1.26 bits per heavy atom. The van der Waals surface area contributed by atoms with Crippen LogP contribution in [0.2, 0.25) is 0 Å². The SMILES string of the molecule is CNC(Cc1sccc1Br)C1CCC(C(C)C)CC1. The molecule has 1 nitrogen and oxygen atoms in total. The molecule has 1 aliphatic carbocycles. The molecule has 0 saturated heterocycles. The summed E-state index contributed by atoms with van der Waals surface area (Å²) in [6.07, 6.45) is 6.82. The highest BCUT2D eigenvalue weighted by Gasteiger charge is 2.28. The van der Waals surface area contributed by atoms with E-state index in [1.54, 1.807) is 0 Å². The number of likely N-dealkylation sites (N-methyl/N-ethyl adjacent to an activating group) is 1. The predicted molar refractivity (Wildman–Crippen MR) is 88.9 cm³/mol. The minimum Gasteiger partial charge on any atom is -0.316 e. The van der Waals surface area contributed by atoms with Gasteiger partial charge in [0, 0.05) is 15.4 Å². The molecule has 2 rings (SSSR count). The van der Waals surface area contributed by atoms with Gasteiger partial charge < -0.3 is 5.32 Å². The molecule has 1 atom stereocenters. The molecule has 0 radical (unpaired) electrons. The quantitative estimate of drug-likeness (QED) is 0.783. The zero-order valence-electron chi connectivity index (χ0n) is 12.3. The molecular weight excluding hydrogens is 318 g/mol. The van der Waals surface area contributed by atoms with E-state index in [0.717, 1.165) is 17.8 Å². The van der Waals surface area contributed by atoms with Gasteiger partial charge in [-0.1, -0.05) is 13.8 Å². The largest absolute Gasteiger partial charge is 0.316 e. The molecule has 0 spiro atoms. The van der Waals surface area contributed by atoms with Gasteiger partial charge in [0.05, 0.1) is 0 Å². The Labute approximate surface area is 130 Å². The van der Waals surface area contributed by atoms with Gasteiger partial charge >= 0.3 is 0 Å². The van der Waals surface area contributed by atoms with E-state index in [4.69, 9.17) is 0 Å². The summed E-state index contributed by atoms with van der Waals surface area (Å²) >= 11 is 5.54. The normalized spacial score (nSPS) is 25.7. The third-order valence-corrected chi connectivity index (χ3v) is 6.74. The summed E-state index contributed by atoms with van der Waals surface area (Å²) in [6.45, 7) is 4.76. The van der Waals surface area contributed by atoms with E-state index in [2.05, 4.69) is 53.6 Å². The number of halogens is 1. The van der Waals surface area contributed by atoms with Crippen LogP contribution in [0.1, 0.15) is 44.4 Å². The van der Waals surface area contributed by atoms with Gasteiger partial charge in [-0.05, 0) is 84.3 Å². The summed E-state index contributed by atoms with van der Waals surface area (Å²) < 4.78 is 1.29. The smallest absolute Gasteiger partial charge is 0.0314 e. The molecule has 0 amide bonds. The first-order chi connectivity index (χ1) is 9.11. The van der Waals surface area contributed by atoms with Crippen LogP contribution in [0.4, 0.5) is 0 Å². The van der Waals surface area contributed by atoms with Gasteiger partial charge in [0.1, 0.15) is 0 Å². The van der Waals surface area contributed by atoms with Crippen molar-refractivity contribution in [1.29, 1.82) is 0 Å². The molecule has 1 aromatic rings. The zero-order valence-corrected chi connectivity index (χ0v) is 14.7. The Morgan fingerprint density at radius 2 is 1.89 bits per heavy atom. The Balaban J connectivity index is 1.91. The lowest BCUT2D eigenvalue weighted by atomic mass is 9.74. The molecule has 3 heteroatoms. The molecule has 0 aromatic carbocycles. The molecule has 1 N–H and O–H groups in total. The molecule has 1 heterocycles. The second kappa shape index (κ2) is 7.24. The van der Waals surface area contributed by atoms with Crippen LogP contribution in [-0.4, -0.2) is 13.1 Å². The number of nitrogens with one attached hydrogen (secondary N) is 1. The van der Waals surface area contributed by atoms with Crippen LogP contribution in [-0.2, 0) is 6.42 Å². The molecule has 0 aliphatic heterocycles. The van der Waals surface area contributed by atoms with Crippen LogP contribution in [0.3, 0.4) is 0 Å². The van der Waals surface area contributed by atoms with Gasteiger partial charge in [-0.15, -0.1) is 11.3 Å². The summed E-state index contributed by atoms with van der Waals surface area (Å²) in [6, 6.07) is 2.81. The Bertz CT molecular complexity index is 380. The third-order valence-electron chi connectivity index (χ3n) is 4.80. The lowest BCUT2D eigenvalue weighted by Crippen LogP contribution is -2.38. The molecule has 1 aliphatic rings. The Morgan fingerprint density at radius 3 is 2.37 bits per heavy atom. The van der Waals surface area contributed by atoms with E-state index in [1.165, 1.54) is 41.5 Å². The highest BCUT2D eigenvalue weighted by atomic mass is 79.9. The topological polar surface area (TPSA) is 12.0 Å². The van der Waals surface area contributed by atoms with Crippen molar-refractivity contribution in [2.75, 3.05) is 7.05 Å². The van der Waals surface area contributed by atoms with Crippen LogP contribution in [0.15, 0.2) is 15.9 Å². The zero-order chi connectivity index (χ0) is 13.8. The van der Waals surface area contributed by atoms with E-state index in [9.17, 15) is 0 Å². The summed E-state index contributed by atoms with van der Waals surface area (Å²) in [7, 11) is 2.13. The maximum absolute atomic E-state index is 3.66. The third kappa shape index (κ3) is 4.05. The fourth-order valence-electron chi connectivity index (χ4n) is 3.39. The molecule has 108 valence electrons. The highest BCUT2D eigenvalue weighted by molar-refractivity contribution is 9.10. The molecule has 1 fully saturated rings. The van der Waals surface area contributed by atoms with Crippen molar-refractivity contribution in [3.05, 3.63) is 20.8 Å². The summed E-state index contributed by atoms with van der Waals surface area (Å²) in [5, 5.41) is 5.75. The molecule has 1 unspecified atom stereocenters. The Hall–Kier alpha value is 0.140. The van der Waals surface area contributed by atoms with Crippen molar-refractivity contribution < 1.29 is 0 Å². The monoisotopic (exact) mass is 343 g/mol. The van der Waals surface area contributed by atoms with Gasteiger partial charge in [-0.25, -0.2) is 0 Å². The molecular formula is C16H26BrNS. The van der Waals surface area contributed by atoms with Gasteiger partial charge in [0.15, 0.2) is 0 Å². The van der Waals surface area contributed by atoms with Crippen LogP contribution in [0.25, 0.3) is 0 Å². The lowest BCUT2D eigenvalue weighted by molar-refractivity contribution is 0.192. The summed E-state index contributed by atoms with van der Waals surface area (Å²) in [4.78, 5) is 1.49. The van der Waals surface area contributed by atoms with E-state index in [-0.39, 0.29) is 0 Å². The fraction of sp³-hybridized carbons (Fsp3) is 0.750. The van der Waals surface area contributed by atoms with Crippen molar-refractivity contribution >= 4 is 27.3 Å². The van der Waals surface area contributed by atoms with Crippen LogP contribution in [0, 0.1) is 17.8 Å². The maximum Gasteiger partial charge on any atom is 0.0314 e. The van der Waals surface area contributed by atoms with Crippen molar-refractivity contribution in [2.24, 2.45) is 17.8 Å². The minimum absolute atomic E-state index is 0.642. The van der Waals surface area contributed by atoms with E-state index in [0.29, 0.717) is 6.04 Å². The Kier molecular flexibility index (Phi) is 5.91. The number of hydrogen-bond donors (Lipinski definition) is 1. The lowest BCUT2D eigenvalue weighted by Gasteiger charge is -2.35. The average molecular weight is 344 g/mol. The highest BCUT2D eigenvalue weighted by Crippen LogP contribution is 2.36. The van der Waals surface area contributed by atoms with Crippen molar-refractivity contribution in [3.63, 3.8) is 0 Å². The van der Waals surface area contributed by atoms with E-state index in [1.807, 2.05) is 11.3 Å². The van der Waals surface area contributed by atoms with Crippen LogP contribution >= 0.6 is 27.3 Å². The molecule has 19 heavy (non-hydrogen) atoms. The van der Waals surface area contributed by atoms with Gasteiger partial charge in [0.2, 0.25) is 0 Å². The first kappa shape index (κ1) is 15.5. The van der Waals surface area contributed by atoms with Crippen molar-refractivity contribution in [2.45, 2.75) is 52.0 Å². The summed E-state index contributed by atoms with van der Waals surface area (Å²) in [5.74, 6) is 2.68. The maximum atomic E-state index is 3.66. The predicted octanol–water partition coefficient (Wildman–Crippen LogP) is 5.10. The van der Waals surface area contributed by atoms with E-state index < -0.39 is 0 Å². The van der Waals surface area contributed by atoms with Gasteiger partial charge in [0.25, 0.3) is 0 Å². The first-order valence-corrected chi connectivity index (χ1v) is 9.18. The van der Waals surface area contributed by atoms with Crippen LogP contribution < -0.4 is 5.32 Å². The standard InChI is InChI=1S/C16H26BrNS/c1-11(2)12-4-6-13(7-5-12)15(18-3)10-16-14(17)8-9-19-16/h8-9,11-13,15,18H,4-7,10H2,1-3H3. The first-order valence-electron chi connectivity index (χ1n) is 7.51. The second-order valence-electron chi connectivity index (χ2n) is 6.21. The minimum atomic E-state index is 0.642. The van der Waals surface area contributed by atoms with Gasteiger partial charge in [-0.3, -0.25) is 0 Å². The second-order valence-corrected chi connectivity index (χ2v) is 8.06. The summed E-state index contributed by atoms with van der Waals surface area (Å²) in [5.41, 5.74) is 0. The van der Waals surface area contributed by atoms with Crippen molar-refractivity contribution in [1.82, 2.24) is 5.32 Å². The van der Waals surface area contributed by atoms with Gasteiger partial charge in [-0.2, -0.15) is 0 Å². The van der Waals surface area contributed by atoms with Crippen molar-refractivity contribution in [3.8, 4) is 0 Å². The fourth-order valence-corrected chi connectivity index (χ4v) is 4.96. The van der Waals surface area contributed by atoms with Crippen LogP contribution in [0.5, 0.6) is 0 Å².